The molecule has 0 rings (SSSR count). The third-order valence-electron chi connectivity index (χ3n) is 0. The standard InChI is InChI=1S/CH3.ClH.Na.Zn.H/h1H3;1H;;;. The van der Waals surface area contributed by atoms with Gasteiger partial charge in [-0.25, -0.2) is 0 Å². The molecular formula is CH5ClNaZn. The van der Waals surface area contributed by atoms with Gasteiger partial charge in [-0.2, -0.15) is 0 Å². The van der Waals surface area contributed by atoms with E-state index in [2.05, 4.69) is 0 Å². The van der Waals surface area contributed by atoms with Gasteiger partial charge in [0.15, 0.2) is 0 Å². The van der Waals surface area contributed by atoms with Crippen LogP contribution in [0.25, 0.3) is 0 Å². The van der Waals surface area contributed by atoms with Gasteiger partial charge in [0, 0.05) is 19.5 Å². The molecule has 0 aromatic carbocycles. The van der Waals surface area contributed by atoms with E-state index in [0.717, 1.165) is 0 Å². The van der Waals surface area contributed by atoms with E-state index in [1.54, 1.807) is 0 Å². The topological polar surface area (TPSA) is 0 Å². The van der Waals surface area contributed by atoms with E-state index in [-0.39, 0.29) is 68.9 Å². The van der Waals surface area contributed by atoms with Crippen molar-refractivity contribution in [3.8, 4) is 0 Å². The molecule has 1 radical (unpaired) electrons. The Morgan fingerprint density at radius 3 is 1.00 bits per heavy atom. The summed E-state index contributed by atoms with van der Waals surface area (Å²) in [7, 11) is 0. The largest absolute Gasteiger partial charge is 0 e. The van der Waals surface area contributed by atoms with Crippen LogP contribution in [-0.2, 0) is 19.5 Å². The smallest absolute Gasteiger partial charge is 0 e. The van der Waals surface area contributed by atoms with Crippen molar-refractivity contribution < 1.29 is 19.5 Å². The molecule has 0 atom stereocenters. The Bertz CT molecular complexity index is 8.00. The molecule has 0 nitrogen and oxygen atoms in total. The number of hydrogen-bond acceptors (Lipinski definition) is 0. The van der Waals surface area contributed by atoms with Gasteiger partial charge in [0.25, 0.3) is 0 Å². The summed E-state index contributed by atoms with van der Waals surface area (Å²) in [5.74, 6) is 0. The van der Waals surface area contributed by atoms with Crippen LogP contribution in [0.1, 0.15) is 0 Å². The Kier molecular flexibility index (Phi) is 200. The van der Waals surface area contributed by atoms with Gasteiger partial charge >= 0.3 is 29.6 Å². The van der Waals surface area contributed by atoms with Crippen molar-refractivity contribution in [2.24, 2.45) is 0 Å². The van der Waals surface area contributed by atoms with Crippen molar-refractivity contribution in [3.63, 3.8) is 0 Å². The summed E-state index contributed by atoms with van der Waals surface area (Å²) in [5.41, 5.74) is 0. The van der Waals surface area contributed by atoms with E-state index in [4.69, 9.17) is 0 Å². The van der Waals surface area contributed by atoms with Crippen LogP contribution in [0.5, 0.6) is 0 Å². The molecule has 0 aromatic heterocycles. The molecule has 0 unspecified atom stereocenters. The van der Waals surface area contributed by atoms with Crippen LogP contribution in [0.3, 0.4) is 0 Å². The zero-order valence-corrected chi connectivity index (χ0v) is 5.90. The molecule has 0 heterocycles. The quantitative estimate of drug-likeness (QED) is 0.423. The van der Waals surface area contributed by atoms with Gasteiger partial charge in [-0.3, -0.25) is 0 Å². The van der Waals surface area contributed by atoms with Crippen LogP contribution in [0.4, 0.5) is 0 Å². The minimum atomic E-state index is 0. The fourth-order valence-electron chi connectivity index (χ4n) is 0. The Morgan fingerprint density at radius 1 is 1.00 bits per heavy atom. The van der Waals surface area contributed by atoms with E-state index in [0.29, 0.717) is 0 Å². The van der Waals surface area contributed by atoms with Crippen molar-refractivity contribution >= 4 is 42.0 Å². The van der Waals surface area contributed by atoms with Crippen LogP contribution in [-0.4, -0.2) is 29.6 Å². The monoisotopic (exact) mass is 139 g/mol. The van der Waals surface area contributed by atoms with E-state index in [1.165, 1.54) is 0 Å². The summed E-state index contributed by atoms with van der Waals surface area (Å²) in [5, 5.41) is 0. The number of rotatable bonds is 0. The number of hydrogen-bond donors (Lipinski definition) is 0. The molecule has 3 heteroatoms. The third kappa shape index (κ3) is 9.07. The second-order valence-corrected chi connectivity index (χ2v) is 0. The fraction of sp³-hybridized carbons (Fsp3) is 0. The Labute approximate surface area is 68.2 Å². The Balaban J connectivity index is 0. The molecule has 0 saturated heterocycles. The van der Waals surface area contributed by atoms with Gasteiger partial charge in [0.1, 0.15) is 0 Å². The van der Waals surface area contributed by atoms with Gasteiger partial charge in [-0.05, 0) is 0 Å². The molecule has 0 aliphatic rings. The first-order chi connectivity index (χ1) is 0. The molecule has 0 aliphatic heterocycles. The first-order valence-electron chi connectivity index (χ1n) is 0. The second kappa shape index (κ2) is 20.6. The van der Waals surface area contributed by atoms with Gasteiger partial charge in [-0.15, -0.1) is 12.4 Å². The molecule has 0 N–H and O–H groups in total. The van der Waals surface area contributed by atoms with Crippen LogP contribution in [0.2, 0.25) is 0 Å². The summed E-state index contributed by atoms with van der Waals surface area (Å²) in [6.45, 7) is 0. The van der Waals surface area contributed by atoms with E-state index < -0.39 is 0 Å². The van der Waals surface area contributed by atoms with E-state index in [9.17, 15) is 0 Å². The van der Waals surface area contributed by atoms with Crippen molar-refractivity contribution in [2.75, 3.05) is 0 Å². The first-order valence-corrected chi connectivity index (χ1v) is 0. The maximum absolute atomic E-state index is 0. The molecule has 4 heavy (non-hydrogen) atoms. The number of halogens is 1. The predicted molar refractivity (Wildman–Crippen MR) is 20.8 cm³/mol. The molecule has 0 bridgehead atoms. The molecule has 0 spiro atoms. The van der Waals surface area contributed by atoms with E-state index in [1.807, 2.05) is 0 Å². The van der Waals surface area contributed by atoms with Crippen molar-refractivity contribution in [2.45, 2.75) is 0 Å². The predicted octanol–water partition coefficient (Wildman–Crippen LogP) is 0.221. The average molecular weight is 141 g/mol. The van der Waals surface area contributed by atoms with Crippen LogP contribution in [0, 0.1) is 7.43 Å². The van der Waals surface area contributed by atoms with E-state index >= 15 is 0 Å². The Hall–Kier alpha value is 1.91. The van der Waals surface area contributed by atoms with Crippen molar-refractivity contribution in [1.82, 2.24) is 0 Å². The van der Waals surface area contributed by atoms with Crippen molar-refractivity contribution in [1.29, 1.82) is 0 Å². The van der Waals surface area contributed by atoms with Crippen molar-refractivity contribution in [3.05, 3.63) is 7.43 Å². The zero-order chi connectivity index (χ0) is 0. The van der Waals surface area contributed by atoms with Gasteiger partial charge in [0.05, 0.1) is 0 Å². The second-order valence-electron chi connectivity index (χ2n) is 0. The minimum absolute atomic E-state index is 0. The Morgan fingerprint density at radius 2 is 1.00 bits per heavy atom. The zero-order valence-electron chi connectivity index (χ0n) is 2.12. The summed E-state index contributed by atoms with van der Waals surface area (Å²) in [6, 6.07) is 0. The maximum Gasteiger partial charge on any atom is 0 e. The van der Waals surface area contributed by atoms with Crippen LogP contribution < -0.4 is 0 Å². The summed E-state index contributed by atoms with van der Waals surface area (Å²) in [4.78, 5) is 0. The van der Waals surface area contributed by atoms with Gasteiger partial charge in [-0.1, -0.05) is 7.43 Å². The molecule has 0 amide bonds. The minimum Gasteiger partial charge on any atom is 0 e. The van der Waals surface area contributed by atoms with Gasteiger partial charge in [0.2, 0.25) is 0 Å². The first kappa shape index (κ1) is 39.0. The van der Waals surface area contributed by atoms with Crippen LogP contribution in [0.15, 0.2) is 0 Å². The SMILES string of the molecule is Cl.[CH3].[NaH].[Zn]. The molecule has 19 valence electrons. The van der Waals surface area contributed by atoms with Gasteiger partial charge < -0.3 is 0 Å². The molecule has 0 aliphatic carbocycles. The molecular weight excluding hydrogens is 136 g/mol. The average Bonchev–Trinajstić information content (AvgIpc) is 0. The molecule has 0 saturated carbocycles. The normalized spacial score (nSPS) is 0. The third-order valence-corrected chi connectivity index (χ3v) is 0. The van der Waals surface area contributed by atoms with Crippen LogP contribution >= 0.6 is 12.4 Å². The summed E-state index contributed by atoms with van der Waals surface area (Å²) in [6.07, 6.45) is 0. The fourth-order valence-corrected chi connectivity index (χ4v) is 0. The summed E-state index contributed by atoms with van der Waals surface area (Å²) < 4.78 is 0. The molecule has 0 aromatic rings. The maximum atomic E-state index is 0. The summed E-state index contributed by atoms with van der Waals surface area (Å²) >= 11 is 0. The molecule has 0 fully saturated rings.